The van der Waals surface area contributed by atoms with Crippen molar-refractivity contribution >= 4 is 23.2 Å². The van der Waals surface area contributed by atoms with Crippen molar-refractivity contribution in [2.24, 2.45) is 0 Å². The summed E-state index contributed by atoms with van der Waals surface area (Å²) in [6, 6.07) is 0. The summed E-state index contributed by atoms with van der Waals surface area (Å²) in [4.78, 5) is 0. The van der Waals surface area contributed by atoms with E-state index in [0.717, 1.165) is 12.8 Å². The van der Waals surface area contributed by atoms with Crippen molar-refractivity contribution in [3.63, 3.8) is 0 Å². The Kier molecular flexibility index (Phi) is 19.1. The van der Waals surface area contributed by atoms with Gasteiger partial charge in [-0.3, -0.25) is 0 Å². The van der Waals surface area contributed by atoms with Crippen molar-refractivity contribution in [2.75, 3.05) is 38.2 Å². The normalized spacial score (nSPS) is 14.1. The lowest BCUT2D eigenvalue weighted by Crippen LogP contribution is -2.17. The molecule has 140 valence electrons. The quantitative estimate of drug-likeness (QED) is 0.284. The predicted octanol–water partition coefficient (Wildman–Crippen LogP) is 3.73. The van der Waals surface area contributed by atoms with Gasteiger partial charge in [-0.2, -0.15) is 0 Å². The Balaban J connectivity index is 3.03. The summed E-state index contributed by atoms with van der Waals surface area (Å²) in [5.74, 6) is 0.475. The van der Waals surface area contributed by atoms with Crippen LogP contribution in [-0.4, -0.2) is 60.6 Å². The Bertz CT molecular complexity index is 211. The number of hydrogen-bond donors (Lipinski definition) is 2. The molecule has 2 N–H and O–H groups in total. The highest BCUT2D eigenvalue weighted by Crippen LogP contribution is 2.10. The molecule has 0 amide bonds. The third-order valence-corrected chi connectivity index (χ3v) is 4.27. The second kappa shape index (κ2) is 18.8. The SMILES string of the molecule is OC(CCl)COCCCCCCCCCCCOCC(O)CCl. The van der Waals surface area contributed by atoms with Crippen molar-refractivity contribution in [2.45, 2.75) is 70.0 Å². The molecule has 0 heterocycles. The van der Waals surface area contributed by atoms with Gasteiger partial charge in [0, 0.05) is 13.2 Å². The molecule has 0 aliphatic carbocycles. The number of ether oxygens (including phenoxy) is 2. The number of aliphatic hydroxyl groups is 2. The van der Waals surface area contributed by atoms with Gasteiger partial charge in [-0.1, -0.05) is 44.9 Å². The molecule has 4 nitrogen and oxygen atoms in total. The largest absolute Gasteiger partial charge is 0.389 e. The number of unbranched alkanes of at least 4 members (excludes halogenated alkanes) is 8. The van der Waals surface area contributed by atoms with Crippen LogP contribution in [0.2, 0.25) is 0 Å². The zero-order valence-electron chi connectivity index (χ0n) is 14.2. The molecular formula is C17H34Cl2O4. The number of aliphatic hydroxyl groups excluding tert-OH is 2. The maximum absolute atomic E-state index is 9.20. The monoisotopic (exact) mass is 372 g/mol. The van der Waals surface area contributed by atoms with Gasteiger partial charge in [0.2, 0.25) is 0 Å². The van der Waals surface area contributed by atoms with E-state index in [0.29, 0.717) is 26.4 Å². The Morgan fingerprint density at radius 3 is 1.17 bits per heavy atom. The summed E-state index contributed by atoms with van der Waals surface area (Å²) in [5, 5.41) is 18.4. The van der Waals surface area contributed by atoms with Crippen molar-refractivity contribution in [3.05, 3.63) is 0 Å². The molecule has 2 atom stereocenters. The summed E-state index contributed by atoms with van der Waals surface area (Å²) in [6.45, 7) is 2.12. The summed E-state index contributed by atoms with van der Waals surface area (Å²) >= 11 is 11.0. The van der Waals surface area contributed by atoms with E-state index in [2.05, 4.69) is 0 Å². The van der Waals surface area contributed by atoms with E-state index in [1.165, 1.54) is 44.9 Å². The molecule has 0 aliphatic rings. The molecule has 0 aromatic rings. The molecule has 6 heteroatoms. The minimum atomic E-state index is -0.535. The van der Waals surface area contributed by atoms with Crippen molar-refractivity contribution in [3.8, 4) is 0 Å². The van der Waals surface area contributed by atoms with Gasteiger partial charge in [0.15, 0.2) is 0 Å². The molecule has 0 aromatic carbocycles. The van der Waals surface area contributed by atoms with Crippen LogP contribution in [0.25, 0.3) is 0 Å². The lowest BCUT2D eigenvalue weighted by molar-refractivity contribution is 0.0460. The van der Waals surface area contributed by atoms with Gasteiger partial charge in [0.25, 0.3) is 0 Å². The van der Waals surface area contributed by atoms with Gasteiger partial charge in [-0.05, 0) is 12.8 Å². The van der Waals surface area contributed by atoms with Crippen LogP contribution in [0.4, 0.5) is 0 Å². The van der Waals surface area contributed by atoms with Crippen molar-refractivity contribution < 1.29 is 19.7 Å². The maximum atomic E-state index is 9.20. The summed E-state index contributed by atoms with van der Waals surface area (Å²) in [7, 11) is 0. The first-order valence-corrected chi connectivity index (χ1v) is 9.91. The van der Waals surface area contributed by atoms with E-state index in [4.69, 9.17) is 32.7 Å². The Morgan fingerprint density at radius 1 is 0.565 bits per heavy atom. The summed E-state index contributed by atoms with van der Waals surface area (Å²) < 4.78 is 10.7. The van der Waals surface area contributed by atoms with Gasteiger partial charge in [-0.15, -0.1) is 23.2 Å². The highest BCUT2D eigenvalue weighted by molar-refractivity contribution is 6.18. The molecule has 23 heavy (non-hydrogen) atoms. The van der Waals surface area contributed by atoms with Crippen molar-refractivity contribution in [1.29, 1.82) is 0 Å². The van der Waals surface area contributed by atoms with Crippen molar-refractivity contribution in [1.82, 2.24) is 0 Å². The molecule has 0 spiro atoms. The van der Waals surface area contributed by atoms with Crippen LogP contribution in [0.1, 0.15) is 57.8 Å². The Morgan fingerprint density at radius 2 is 0.870 bits per heavy atom. The lowest BCUT2D eigenvalue weighted by Gasteiger charge is -2.08. The van der Waals surface area contributed by atoms with Gasteiger partial charge >= 0.3 is 0 Å². The van der Waals surface area contributed by atoms with Crippen LogP contribution < -0.4 is 0 Å². The van der Waals surface area contributed by atoms with Crippen LogP contribution in [0.5, 0.6) is 0 Å². The molecule has 0 fully saturated rings. The average Bonchev–Trinajstić information content (AvgIpc) is 2.57. The number of hydrogen-bond acceptors (Lipinski definition) is 4. The van der Waals surface area contributed by atoms with Gasteiger partial charge in [0.05, 0.1) is 37.2 Å². The first-order valence-electron chi connectivity index (χ1n) is 8.84. The zero-order chi connectivity index (χ0) is 17.2. The average molecular weight is 373 g/mol. The highest BCUT2D eigenvalue weighted by atomic mass is 35.5. The Labute approximate surface area is 151 Å². The molecule has 0 bridgehead atoms. The molecule has 0 saturated carbocycles. The zero-order valence-corrected chi connectivity index (χ0v) is 15.7. The molecule has 0 aromatic heterocycles. The first-order chi connectivity index (χ1) is 11.2. The van der Waals surface area contributed by atoms with Crippen LogP contribution >= 0.6 is 23.2 Å². The van der Waals surface area contributed by atoms with E-state index in [-0.39, 0.29) is 11.8 Å². The van der Waals surface area contributed by atoms with Gasteiger partial charge < -0.3 is 19.7 Å². The predicted molar refractivity (Wildman–Crippen MR) is 96.6 cm³/mol. The molecule has 0 radical (unpaired) electrons. The lowest BCUT2D eigenvalue weighted by atomic mass is 10.1. The number of rotatable bonds is 18. The molecule has 0 rings (SSSR count). The van der Waals surface area contributed by atoms with Crippen LogP contribution in [-0.2, 0) is 9.47 Å². The van der Waals surface area contributed by atoms with E-state index in [1.807, 2.05) is 0 Å². The van der Waals surface area contributed by atoms with E-state index in [9.17, 15) is 10.2 Å². The third kappa shape index (κ3) is 18.6. The summed E-state index contributed by atoms with van der Waals surface area (Å²) in [5.41, 5.74) is 0. The maximum Gasteiger partial charge on any atom is 0.0908 e. The first kappa shape index (κ1) is 23.4. The van der Waals surface area contributed by atoms with Crippen LogP contribution in [0.3, 0.4) is 0 Å². The fraction of sp³-hybridized carbons (Fsp3) is 1.00. The smallest absolute Gasteiger partial charge is 0.0908 e. The number of alkyl halides is 2. The molecule has 0 aliphatic heterocycles. The third-order valence-electron chi connectivity index (χ3n) is 3.55. The Hall–Kier alpha value is 0.420. The minimum absolute atomic E-state index is 0.238. The van der Waals surface area contributed by atoms with Gasteiger partial charge in [-0.25, -0.2) is 0 Å². The topological polar surface area (TPSA) is 58.9 Å². The van der Waals surface area contributed by atoms with E-state index in [1.54, 1.807) is 0 Å². The van der Waals surface area contributed by atoms with E-state index < -0.39 is 12.2 Å². The van der Waals surface area contributed by atoms with Gasteiger partial charge in [0.1, 0.15) is 0 Å². The van der Waals surface area contributed by atoms with E-state index >= 15 is 0 Å². The standard InChI is InChI=1S/C17H34Cl2O4/c18-12-16(20)14-22-10-8-6-4-2-1-3-5-7-9-11-23-15-17(21)13-19/h16-17,20-21H,1-15H2. The fourth-order valence-electron chi connectivity index (χ4n) is 2.17. The van der Waals surface area contributed by atoms with Crippen LogP contribution in [0, 0.1) is 0 Å². The second-order valence-corrected chi connectivity index (χ2v) is 6.57. The number of halogens is 2. The summed E-state index contributed by atoms with van der Waals surface area (Å²) in [6.07, 6.45) is 9.77. The fourth-order valence-corrected chi connectivity index (χ4v) is 2.35. The molecular weight excluding hydrogens is 339 g/mol. The highest BCUT2D eigenvalue weighted by Gasteiger charge is 2.01. The molecule has 0 saturated heterocycles. The molecule has 2 unspecified atom stereocenters. The second-order valence-electron chi connectivity index (χ2n) is 5.95. The van der Waals surface area contributed by atoms with Crippen LogP contribution in [0.15, 0.2) is 0 Å². The minimum Gasteiger partial charge on any atom is -0.389 e.